The van der Waals surface area contributed by atoms with Crippen LogP contribution in [0.5, 0.6) is 5.75 Å². The lowest BCUT2D eigenvalue weighted by Crippen LogP contribution is -2.26. The molecule has 0 spiro atoms. The van der Waals surface area contributed by atoms with Crippen molar-refractivity contribution in [1.29, 1.82) is 0 Å². The molecule has 0 aliphatic heterocycles. The molecule has 0 aliphatic rings. The highest BCUT2D eigenvalue weighted by Gasteiger charge is 2.24. The van der Waals surface area contributed by atoms with E-state index in [1.54, 1.807) is 20.2 Å². The van der Waals surface area contributed by atoms with Gasteiger partial charge in [-0.25, -0.2) is 8.42 Å². The Morgan fingerprint density at radius 2 is 1.81 bits per heavy atom. The fourth-order valence-corrected chi connectivity index (χ4v) is 4.78. The van der Waals surface area contributed by atoms with Gasteiger partial charge in [-0.05, 0) is 37.6 Å². The molecule has 114 valence electrons. The van der Waals surface area contributed by atoms with Crippen LogP contribution in [0.4, 0.5) is 0 Å². The minimum absolute atomic E-state index is 0.334. The van der Waals surface area contributed by atoms with Crippen molar-refractivity contribution in [3.63, 3.8) is 0 Å². The van der Waals surface area contributed by atoms with E-state index in [2.05, 4.69) is 0 Å². The summed E-state index contributed by atoms with van der Waals surface area (Å²) in [6, 6.07) is 9.14. The van der Waals surface area contributed by atoms with Gasteiger partial charge in [0, 0.05) is 23.3 Å². The number of aryl methyl sites for hydroxylation is 2. The number of nitrogens with zero attached hydrogens (tertiary/aromatic N) is 1. The smallest absolute Gasteiger partial charge is 0.244 e. The van der Waals surface area contributed by atoms with Crippen LogP contribution in [0.3, 0.4) is 0 Å². The number of methoxy groups -OCH3 is 1. The highest BCUT2D eigenvalue weighted by atomic mass is 32.2. The monoisotopic (exact) mass is 325 g/mol. The lowest BCUT2D eigenvalue weighted by atomic mass is 10.2. The summed E-state index contributed by atoms with van der Waals surface area (Å²) < 4.78 is 31.7. The Labute approximate surface area is 130 Å². The quantitative estimate of drug-likeness (QED) is 0.848. The van der Waals surface area contributed by atoms with Crippen LogP contribution in [0.25, 0.3) is 0 Å². The predicted octanol–water partition coefficient (Wildman–Crippen LogP) is 3.19. The SMILES string of the molecule is COc1ccc(CN(C)S(=O)(=O)c2cc(C)sc2C)cc1. The maximum Gasteiger partial charge on any atom is 0.244 e. The minimum Gasteiger partial charge on any atom is -0.497 e. The first-order valence-corrected chi connectivity index (χ1v) is 8.76. The van der Waals surface area contributed by atoms with Gasteiger partial charge in [-0.1, -0.05) is 12.1 Å². The number of ether oxygens (including phenoxy) is 1. The molecule has 0 radical (unpaired) electrons. The highest BCUT2D eigenvalue weighted by molar-refractivity contribution is 7.89. The van der Waals surface area contributed by atoms with Crippen molar-refractivity contribution >= 4 is 21.4 Å². The van der Waals surface area contributed by atoms with Gasteiger partial charge in [-0.2, -0.15) is 4.31 Å². The maximum absolute atomic E-state index is 12.6. The number of benzene rings is 1. The van der Waals surface area contributed by atoms with Crippen LogP contribution in [-0.4, -0.2) is 26.9 Å². The average molecular weight is 325 g/mol. The lowest BCUT2D eigenvalue weighted by Gasteiger charge is -2.17. The molecule has 1 heterocycles. The van der Waals surface area contributed by atoms with Crippen LogP contribution in [-0.2, 0) is 16.6 Å². The van der Waals surface area contributed by atoms with E-state index in [1.807, 2.05) is 38.1 Å². The summed E-state index contributed by atoms with van der Waals surface area (Å²) in [5.74, 6) is 0.758. The Bertz CT molecular complexity index is 718. The topological polar surface area (TPSA) is 46.6 Å². The number of thiophene rings is 1. The van der Waals surface area contributed by atoms with Gasteiger partial charge < -0.3 is 4.74 Å². The van der Waals surface area contributed by atoms with Crippen molar-refractivity contribution in [1.82, 2.24) is 4.31 Å². The molecule has 6 heteroatoms. The third-order valence-electron chi connectivity index (χ3n) is 3.25. The van der Waals surface area contributed by atoms with Crippen LogP contribution in [0.2, 0.25) is 0 Å². The van der Waals surface area contributed by atoms with Gasteiger partial charge in [-0.3, -0.25) is 0 Å². The maximum atomic E-state index is 12.6. The molecule has 0 aliphatic carbocycles. The third kappa shape index (κ3) is 3.45. The van der Waals surface area contributed by atoms with Crippen molar-refractivity contribution in [2.45, 2.75) is 25.3 Å². The van der Waals surface area contributed by atoms with E-state index in [4.69, 9.17) is 4.74 Å². The Morgan fingerprint density at radius 1 is 1.19 bits per heavy atom. The summed E-state index contributed by atoms with van der Waals surface area (Å²) in [5, 5.41) is 0. The summed E-state index contributed by atoms with van der Waals surface area (Å²) in [7, 11) is -0.243. The van der Waals surface area contributed by atoms with Crippen LogP contribution in [0.15, 0.2) is 35.2 Å². The lowest BCUT2D eigenvalue weighted by molar-refractivity contribution is 0.414. The number of hydrogen-bond donors (Lipinski definition) is 0. The largest absolute Gasteiger partial charge is 0.497 e. The molecule has 0 N–H and O–H groups in total. The minimum atomic E-state index is -3.45. The molecule has 0 bridgehead atoms. The van der Waals surface area contributed by atoms with Crippen molar-refractivity contribution in [2.24, 2.45) is 0 Å². The standard InChI is InChI=1S/C15H19NO3S2/c1-11-9-15(12(2)20-11)21(17,18)16(3)10-13-5-7-14(19-4)8-6-13/h5-9H,10H2,1-4H3. The summed E-state index contributed by atoms with van der Waals surface area (Å²) in [6.07, 6.45) is 0. The van der Waals surface area contributed by atoms with E-state index >= 15 is 0 Å². The molecule has 1 aromatic carbocycles. The van der Waals surface area contributed by atoms with Crippen LogP contribution in [0.1, 0.15) is 15.3 Å². The normalized spacial score (nSPS) is 11.9. The number of hydrogen-bond acceptors (Lipinski definition) is 4. The second kappa shape index (κ2) is 6.17. The van der Waals surface area contributed by atoms with Gasteiger partial charge in [0.25, 0.3) is 0 Å². The molecule has 4 nitrogen and oxygen atoms in total. The Morgan fingerprint density at radius 3 is 2.29 bits per heavy atom. The zero-order valence-corrected chi connectivity index (χ0v) is 14.2. The molecular weight excluding hydrogens is 306 g/mol. The van der Waals surface area contributed by atoms with Crippen molar-refractivity contribution in [2.75, 3.05) is 14.2 Å². The van der Waals surface area contributed by atoms with Gasteiger partial charge in [0.15, 0.2) is 0 Å². The molecule has 21 heavy (non-hydrogen) atoms. The third-order valence-corrected chi connectivity index (χ3v) is 6.27. The van der Waals surface area contributed by atoms with Gasteiger partial charge >= 0.3 is 0 Å². The summed E-state index contributed by atoms with van der Waals surface area (Å²) >= 11 is 1.50. The molecular formula is C15H19NO3S2. The first-order valence-electron chi connectivity index (χ1n) is 6.51. The number of sulfonamides is 1. The first-order chi connectivity index (χ1) is 9.84. The van der Waals surface area contributed by atoms with Crippen LogP contribution in [0, 0.1) is 13.8 Å². The van der Waals surface area contributed by atoms with Crippen molar-refractivity contribution in [3.8, 4) is 5.75 Å². The van der Waals surface area contributed by atoms with Gasteiger partial charge in [-0.15, -0.1) is 11.3 Å². The number of rotatable bonds is 5. The fourth-order valence-electron chi connectivity index (χ4n) is 2.10. The summed E-state index contributed by atoms with van der Waals surface area (Å²) in [5.41, 5.74) is 0.923. The molecule has 0 unspecified atom stereocenters. The molecule has 0 fully saturated rings. The summed E-state index contributed by atoms with van der Waals surface area (Å²) in [4.78, 5) is 2.24. The van der Waals surface area contributed by atoms with E-state index < -0.39 is 10.0 Å². The zero-order chi connectivity index (χ0) is 15.6. The fraction of sp³-hybridized carbons (Fsp3) is 0.333. The molecule has 2 aromatic rings. The first kappa shape index (κ1) is 16.0. The van der Waals surface area contributed by atoms with E-state index in [0.29, 0.717) is 11.4 Å². The van der Waals surface area contributed by atoms with Gasteiger partial charge in [0.05, 0.1) is 12.0 Å². The second-order valence-corrected chi connectivity index (χ2v) is 8.36. The van der Waals surface area contributed by atoms with Gasteiger partial charge in [0.2, 0.25) is 10.0 Å². The van der Waals surface area contributed by atoms with Gasteiger partial charge in [0.1, 0.15) is 5.75 Å². The van der Waals surface area contributed by atoms with E-state index in [0.717, 1.165) is 21.1 Å². The van der Waals surface area contributed by atoms with E-state index in [9.17, 15) is 8.42 Å². The Balaban J connectivity index is 2.22. The zero-order valence-electron chi connectivity index (χ0n) is 12.6. The highest BCUT2D eigenvalue weighted by Crippen LogP contribution is 2.27. The molecule has 0 amide bonds. The van der Waals surface area contributed by atoms with E-state index in [1.165, 1.54) is 15.6 Å². The van der Waals surface area contributed by atoms with E-state index in [-0.39, 0.29) is 0 Å². The molecule has 0 saturated heterocycles. The second-order valence-electron chi connectivity index (χ2n) is 4.89. The Kier molecular flexibility index (Phi) is 4.70. The van der Waals surface area contributed by atoms with Crippen LogP contribution < -0.4 is 4.74 Å². The average Bonchev–Trinajstić information content (AvgIpc) is 2.79. The molecule has 0 saturated carbocycles. The van der Waals surface area contributed by atoms with Crippen molar-refractivity contribution in [3.05, 3.63) is 45.6 Å². The molecule has 0 atom stereocenters. The Hall–Kier alpha value is -1.37. The van der Waals surface area contributed by atoms with Crippen molar-refractivity contribution < 1.29 is 13.2 Å². The van der Waals surface area contributed by atoms with Crippen LogP contribution >= 0.6 is 11.3 Å². The predicted molar refractivity (Wildman–Crippen MR) is 85.4 cm³/mol. The molecule has 2 rings (SSSR count). The summed E-state index contributed by atoms with van der Waals surface area (Å²) in [6.45, 7) is 4.09. The molecule has 1 aromatic heterocycles.